The fourth-order valence-corrected chi connectivity index (χ4v) is 1.44. The lowest BCUT2D eigenvalue weighted by molar-refractivity contribution is 0.149. The van der Waals surface area contributed by atoms with Crippen LogP contribution in [0, 0.1) is 0 Å². The summed E-state index contributed by atoms with van der Waals surface area (Å²) in [4.78, 5) is 0. The summed E-state index contributed by atoms with van der Waals surface area (Å²) < 4.78 is 25.4. The highest BCUT2D eigenvalue weighted by atomic mass is 19.3. The summed E-state index contributed by atoms with van der Waals surface area (Å²) in [5.41, 5.74) is 6.27. The number of benzene rings is 1. The van der Waals surface area contributed by atoms with E-state index in [0.717, 1.165) is 0 Å². The summed E-state index contributed by atoms with van der Waals surface area (Å²) in [7, 11) is 0. The van der Waals surface area contributed by atoms with Crippen LogP contribution in [0.1, 0.15) is 38.3 Å². The lowest BCUT2D eigenvalue weighted by Crippen LogP contribution is -2.14. The molecule has 0 spiro atoms. The maximum atomic E-state index is 12.7. The van der Waals surface area contributed by atoms with Crippen molar-refractivity contribution in [2.75, 3.05) is 5.73 Å². The Balaban J connectivity index is 3.29. The van der Waals surface area contributed by atoms with Gasteiger partial charge in [-0.15, -0.1) is 0 Å². The first-order chi connectivity index (χ1) is 6.32. The SMILES string of the molecule is CC(C)(C)c1ccc(N)cc1C(F)F. The minimum absolute atomic E-state index is 0.0394. The van der Waals surface area contributed by atoms with Crippen LogP contribution >= 0.6 is 0 Å². The molecule has 2 N–H and O–H groups in total. The fraction of sp³-hybridized carbons (Fsp3) is 0.455. The van der Waals surface area contributed by atoms with Gasteiger partial charge in [0.05, 0.1) is 0 Å². The minimum Gasteiger partial charge on any atom is -0.399 e. The molecule has 0 aliphatic heterocycles. The second-order valence-electron chi connectivity index (χ2n) is 4.40. The first kappa shape index (κ1) is 11.0. The van der Waals surface area contributed by atoms with E-state index in [-0.39, 0.29) is 11.0 Å². The third kappa shape index (κ3) is 2.22. The van der Waals surface area contributed by atoms with E-state index in [1.807, 2.05) is 20.8 Å². The highest BCUT2D eigenvalue weighted by Gasteiger charge is 2.22. The first-order valence-electron chi connectivity index (χ1n) is 4.50. The summed E-state index contributed by atoms with van der Waals surface area (Å²) in [6, 6.07) is 4.69. The van der Waals surface area contributed by atoms with E-state index in [0.29, 0.717) is 11.3 Å². The highest BCUT2D eigenvalue weighted by Crippen LogP contribution is 2.33. The van der Waals surface area contributed by atoms with Crippen LogP contribution in [-0.4, -0.2) is 0 Å². The second-order valence-corrected chi connectivity index (χ2v) is 4.40. The molecule has 0 unspecified atom stereocenters. The molecule has 0 aliphatic rings. The Morgan fingerprint density at radius 3 is 2.21 bits per heavy atom. The standard InChI is InChI=1S/C11H15F2N/c1-11(2,3)9-5-4-7(14)6-8(9)10(12)13/h4-6,10H,14H2,1-3H3. The predicted octanol–water partition coefficient (Wildman–Crippen LogP) is 3.50. The van der Waals surface area contributed by atoms with Gasteiger partial charge in [0, 0.05) is 11.3 Å². The second kappa shape index (κ2) is 3.56. The Bertz CT molecular complexity index is 327. The number of anilines is 1. The van der Waals surface area contributed by atoms with Crippen molar-refractivity contribution in [3.05, 3.63) is 29.3 Å². The van der Waals surface area contributed by atoms with Gasteiger partial charge in [0.2, 0.25) is 0 Å². The van der Waals surface area contributed by atoms with Crippen LogP contribution in [0.2, 0.25) is 0 Å². The maximum Gasteiger partial charge on any atom is 0.264 e. The van der Waals surface area contributed by atoms with Crippen molar-refractivity contribution >= 4 is 5.69 Å². The zero-order chi connectivity index (χ0) is 10.9. The fourth-order valence-electron chi connectivity index (χ4n) is 1.44. The lowest BCUT2D eigenvalue weighted by Gasteiger charge is -2.22. The highest BCUT2D eigenvalue weighted by molar-refractivity contribution is 5.47. The third-order valence-corrected chi connectivity index (χ3v) is 2.12. The first-order valence-corrected chi connectivity index (χ1v) is 4.50. The number of halogens is 2. The molecule has 0 radical (unpaired) electrons. The predicted molar refractivity (Wildman–Crippen MR) is 54.5 cm³/mol. The molecule has 1 nitrogen and oxygen atoms in total. The normalized spacial score (nSPS) is 12.1. The van der Waals surface area contributed by atoms with E-state index in [9.17, 15) is 8.78 Å². The number of nitrogens with two attached hydrogens (primary N) is 1. The molecule has 0 atom stereocenters. The van der Waals surface area contributed by atoms with E-state index in [1.54, 1.807) is 12.1 Å². The average Bonchev–Trinajstić information content (AvgIpc) is 2.01. The van der Waals surface area contributed by atoms with Crippen LogP contribution in [0.5, 0.6) is 0 Å². The van der Waals surface area contributed by atoms with Gasteiger partial charge in [0.1, 0.15) is 0 Å². The molecule has 1 rings (SSSR count). The summed E-state index contributed by atoms with van der Waals surface area (Å²) >= 11 is 0. The number of nitrogen functional groups attached to an aromatic ring is 1. The summed E-state index contributed by atoms with van der Waals surface area (Å²) in [5, 5.41) is 0. The third-order valence-electron chi connectivity index (χ3n) is 2.12. The Kier molecular flexibility index (Phi) is 2.79. The Hall–Kier alpha value is -1.12. The van der Waals surface area contributed by atoms with E-state index < -0.39 is 6.43 Å². The van der Waals surface area contributed by atoms with Crippen LogP contribution in [0.4, 0.5) is 14.5 Å². The molecule has 14 heavy (non-hydrogen) atoms. The van der Waals surface area contributed by atoms with E-state index in [2.05, 4.69) is 0 Å². The number of hydrogen-bond donors (Lipinski definition) is 1. The van der Waals surface area contributed by atoms with Crippen LogP contribution in [0.15, 0.2) is 18.2 Å². The van der Waals surface area contributed by atoms with Crippen LogP contribution < -0.4 is 5.73 Å². The molecule has 0 bridgehead atoms. The number of hydrogen-bond acceptors (Lipinski definition) is 1. The zero-order valence-electron chi connectivity index (χ0n) is 8.64. The van der Waals surface area contributed by atoms with Crippen molar-refractivity contribution in [2.24, 2.45) is 0 Å². The van der Waals surface area contributed by atoms with Crippen molar-refractivity contribution in [3.8, 4) is 0 Å². The van der Waals surface area contributed by atoms with Crippen molar-refractivity contribution < 1.29 is 8.78 Å². The number of rotatable bonds is 1. The molecule has 1 aromatic rings. The summed E-state index contributed by atoms with van der Waals surface area (Å²) in [6.07, 6.45) is -2.47. The van der Waals surface area contributed by atoms with Gasteiger partial charge in [-0.25, -0.2) is 8.78 Å². The molecular formula is C11H15F2N. The summed E-state index contributed by atoms with van der Waals surface area (Å²) in [6.45, 7) is 5.72. The Morgan fingerprint density at radius 2 is 1.79 bits per heavy atom. The van der Waals surface area contributed by atoms with Crippen LogP contribution in [0.3, 0.4) is 0 Å². The van der Waals surface area contributed by atoms with Gasteiger partial charge >= 0.3 is 0 Å². The largest absolute Gasteiger partial charge is 0.399 e. The molecule has 0 aliphatic carbocycles. The smallest absolute Gasteiger partial charge is 0.264 e. The summed E-state index contributed by atoms with van der Waals surface area (Å²) in [5.74, 6) is 0. The molecule has 78 valence electrons. The van der Waals surface area contributed by atoms with E-state index >= 15 is 0 Å². The maximum absolute atomic E-state index is 12.7. The molecule has 1 aromatic carbocycles. The van der Waals surface area contributed by atoms with Gasteiger partial charge in [-0.05, 0) is 23.1 Å². The van der Waals surface area contributed by atoms with Crippen LogP contribution in [-0.2, 0) is 5.41 Å². The van der Waals surface area contributed by atoms with Crippen molar-refractivity contribution in [1.82, 2.24) is 0 Å². The Labute approximate surface area is 82.9 Å². The minimum atomic E-state index is -2.47. The van der Waals surface area contributed by atoms with Gasteiger partial charge in [-0.2, -0.15) is 0 Å². The van der Waals surface area contributed by atoms with Crippen molar-refractivity contribution in [2.45, 2.75) is 32.6 Å². The molecule has 3 heteroatoms. The molecule has 0 fully saturated rings. The zero-order valence-corrected chi connectivity index (χ0v) is 8.64. The van der Waals surface area contributed by atoms with Crippen molar-refractivity contribution in [1.29, 1.82) is 0 Å². The molecule has 0 aromatic heterocycles. The topological polar surface area (TPSA) is 26.0 Å². The van der Waals surface area contributed by atoms with Crippen LogP contribution in [0.25, 0.3) is 0 Å². The van der Waals surface area contributed by atoms with Gasteiger partial charge in [0.25, 0.3) is 6.43 Å². The molecular weight excluding hydrogens is 184 g/mol. The molecule has 0 heterocycles. The van der Waals surface area contributed by atoms with E-state index in [1.165, 1.54) is 6.07 Å². The van der Waals surface area contributed by atoms with Gasteiger partial charge in [0.15, 0.2) is 0 Å². The van der Waals surface area contributed by atoms with Gasteiger partial charge < -0.3 is 5.73 Å². The van der Waals surface area contributed by atoms with Crippen molar-refractivity contribution in [3.63, 3.8) is 0 Å². The molecule has 0 amide bonds. The average molecular weight is 199 g/mol. The quantitative estimate of drug-likeness (QED) is 0.688. The lowest BCUT2D eigenvalue weighted by atomic mass is 9.83. The van der Waals surface area contributed by atoms with E-state index in [4.69, 9.17) is 5.73 Å². The molecule has 0 saturated heterocycles. The molecule has 0 saturated carbocycles. The van der Waals surface area contributed by atoms with Gasteiger partial charge in [-0.3, -0.25) is 0 Å². The monoisotopic (exact) mass is 199 g/mol. The van der Waals surface area contributed by atoms with Gasteiger partial charge in [-0.1, -0.05) is 26.8 Å². The Morgan fingerprint density at radius 1 is 1.21 bits per heavy atom. The number of alkyl halides is 2.